The van der Waals surface area contributed by atoms with Gasteiger partial charge >= 0.3 is 0 Å². The number of rotatable bonds is 4. The second-order valence-electron chi connectivity index (χ2n) is 14.6. The number of nitrogens with zero attached hydrogens (tertiary/aromatic N) is 4. The van der Waals surface area contributed by atoms with E-state index in [-0.39, 0.29) is 6.17 Å². The van der Waals surface area contributed by atoms with E-state index in [0.717, 1.165) is 77.6 Å². The predicted octanol–water partition coefficient (Wildman–Crippen LogP) is 12.4. The second kappa shape index (κ2) is 12.4. The minimum atomic E-state index is -0.385. The standard InChI is InChI=1S/C51H33N5O/c1-2-14-33(15-3-1)49-52-50(34-30-28-32(29-31-34)35-20-12-27-46-47(35)39-19-7-11-26-45(39)57-46)54-51(53-49)56-42-23-10-6-18-38(42)48-43(24-13-25-44(48)56)55-40-21-8-4-16-36(40)37-17-5-9-22-41(37)55/h1-31,50H,(H,52,53,54). The fourth-order valence-corrected chi connectivity index (χ4v) is 8.89. The van der Waals surface area contributed by atoms with E-state index in [9.17, 15) is 0 Å². The molecule has 0 spiro atoms. The third kappa shape index (κ3) is 4.84. The molecular weight excluding hydrogens is 699 g/mol. The van der Waals surface area contributed by atoms with E-state index in [1.54, 1.807) is 0 Å². The van der Waals surface area contributed by atoms with Crippen molar-refractivity contribution in [1.29, 1.82) is 0 Å². The van der Waals surface area contributed by atoms with E-state index in [1.807, 2.05) is 36.4 Å². The summed E-state index contributed by atoms with van der Waals surface area (Å²) in [4.78, 5) is 10.5. The summed E-state index contributed by atoms with van der Waals surface area (Å²) >= 11 is 0. The molecule has 1 aliphatic heterocycles. The summed E-state index contributed by atoms with van der Waals surface area (Å²) in [6, 6.07) is 66.1. The van der Waals surface area contributed by atoms with Crippen LogP contribution in [0.2, 0.25) is 0 Å². The maximum absolute atomic E-state index is 6.22. The fourth-order valence-electron chi connectivity index (χ4n) is 8.89. The van der Waals surface area contributed by atoms with Crippen molar-refractivity contribution in [2.75, 3.05) is 0 Å². The maximum atomic E-state index is 6.22. The number of furan rings is 1. The van der Waals surface area contributed by atoms with Gasteiger partial charge in [-0.25, -0.2) is 4.99 Å². The summed E-state index contributed by atoms with van der Waals surface area (Å²) in [5, 5.41) is 10.8. The number of benzene rings is 8. The molecule has 3 aromatic heterocycles. The van der Waals surface area contributed by atoms with Crippen LogP contribution in [0.4, 0.5) is 0 Å². The first kappa shape index (κ1) is 31.6. The zero-order chi connectivity index (χ0) is 37.5. The molecule has 1 unspecified atom stereocenters. The lowest BCUT2D eigenvalue weighted by atomic mass is 9.98. The normalized spacial score (nSPS) is 14.5. The van der Waals surface area contributed by atoms with Gasteiger partial charge in [-0.2, -0.15) is 4.99 Å². The molecule has 6 heteroatoms. The lowest BCUT2D eigenvalue weighted by Gasteiger charge is -2.25. The number of para-hydroxylation sites is 4. The highest BCUT2D eigenvalue weighted by atomic mass is 16.3. The maximum Gasteiger partial charge on any atom is 0.211 e. The highest BCUT2D eigenvalue weighted by molar-refractivity contribution is 6.20. The molecule has 12 rings (SSSR count). The summed E-state index contributed by atoms with van der Waals surface area (Å²) < 4.78 is 10.9. The average molecular weight is 732 g/mol. The Bertz CT molecular complexity index is 3390. The van der Waals surface area contributed by atoms with E-state index in [2.05, 4.69) is 166 Å². The number of aromatic nitrogens is 2. The number of hydrogen-bond acceptors (Lipinski definition) is 4. The van der Waals surface area contributed by atoms with Gasteiger partial charge in [-0.05, 0) is 59.2 Å². The van der Waals surface area contributed by atoms with Crippen LogP contribution in [0.15, 0.2) is 202 Å². The third-order valence-electron chi connectivity index (χ3n) is 11.4. The molecule has 11 aromatic rings. The van der Waals surface area contributed by atoms with Crippen LogP contribution in [0, 0.1) is 0 Å². The number of hydrogen-bond donors (Lipinski definition) is 1. The van der Waals surface area contributed by atoms with Gasteiger partial charge < -0.3 is 14.3 Å². The van der Waals surface area contributed by atoms with Crippen LogP contribution in [-0.4, -0.2) is 20.9 Å². The molecule has 8 aromatic carbocycles. The minimum Gasteiger partial charge on any atom is -0.456 e. The van der Waals surface area contributed by atoms with E-state index >= 15 is 0 Å². The highest BCUT2D eigenvalue weighted by Gasteiger charge is 2.26. The Morgan fingerprint density at radius 2 is 1.04 bits per heavy atom. The van der Waals surface area contributed by atoms with Gasteiger partial charge in [-0.15, -0.1) is 0 Å². The topological polar surface area (TPSA) is 59.8 Å². The molecule has 0 radical (unpaired) electrons. The summed E-state index contributed by atoms with van der Waals surface area (Å²) in [5.74, 6) is 1.40. The summed E-state index contributed by atoms with van der Waals surface area (Å²) in [5.41, 5.74) is 11.6. The summed E-state index contributed by atoms with van der Waals surface area (Å²) in [7, 11) is 0. The molecule has 6 nitrogen and oxygen atoms in total. The molecule has 57 heavy (non-hydrogen) atoms. The molecule has 268 valence electrons. The van der Waals surface area contributed by atoms with Crippen molar-refractivity contribution in [2.45, 2.75) is 6.17 Å². The predicted molar refractivity (Wildman–Crippen MR) is 235 cm³/mol. The first-order valence-electron chi connectivity index (χ1n) is 19.3. The first-order chi connectivity index (χ1) is 28.3. The van der Waals surface area contributed by atoms with Gasteiger partial charge in [0.1, 0.15) is 17.3 Å². The molecule has 0 bridgehead atoms. The average Bonchev–Trinajstić information content (AvgIpc) is 3.95. The first-order valence-corrected chi connectivity index (χ1v) is 19.3. The van der Waals surface area contributed by atoms with Crippen molar-refractivity contribution in [3.8, 4) is 16.8 Å². The molecule has 1 atom stereocenters. The second-order valence-corrected chi connectivity index (χ2v) is 14.6. The molecule has 0 amide bonds. The summed E-state index contributed by atoms with van der Waals surface area (Å²) in [6.45, 7) is 0. The fraction of sp³-hybridized carbons (Fsp3) is 0.0196. The van der Waals surface area contributed by atoms with Gasteiger partial charge in [0.15, 0.2) is 5.84 Å². The van der Waals surface area contributed by atoms with Crippen LogP contribution in [0.25, 0.3) is 82.4 Å². The van der Waals surface area contributed by atoms with E-state index < -0.39 is 0 Å². The zero-order valence-electron chi connectivity index (χ0n) is 30.7. The lowest BCUT2D eigenvalue weighted by Crippen LogP contribution is -2.37. The molecule has 4 heterocycles. The lowest BCUT2D eigenvalue weighted by molar-refractivity contribution is 0.661. The largest absolute Gasteiger partial charge is 0.456 e. The van der Waals surface area contributed by atoms with E-state index in [0.29, 0.717) is 5.84 Å². The Labute approximate surface area is 327 Å². The van der Waals surface area contributed by atoms with Crippen LogP contribution in [0.3, 0.4) is 0 Å². The highest BCUT2D eigenvalue weighted by Crippen LogP contribution is 2.40. The zero-order valence-corrected chi connectivity index (χ0v) is 30.7. The van der Waals surface area contributed by atoms with Crippen LogP contribution in [-0.2, 0) is 0 Å². The van der Waals surface area contributed by atoms with Crippen molar-refractivity contribution in [2.24, 2.45) is 9.98 Å². The number of aliphatic imine (C=N–C) groups is 2. The molecule has 0 fully saturated rings. The Hall–Kier alpha value is -7.70. The van der Waals surface area contributed by atoms with Crippen LogP contribution in [0.5, 0.6) is 0 Å². The van der Waals surface area contributed by atoms with Crippen molar-refractivity contribution in [3.63, 3.8) is 0 Å². The van der Waals surface area contributed by atoms with Gasteiger partial charge in [-0.3, -0.25) is 4.57 Å². The van der Waals surface area contributed by atoms with Gasteiger partial charge in [0.25, 0.3) is 0 Å². The Balaban J connectivity index is 1.02. The Morgan fingerprint density at radius 3 is 1.79 bits per heavy atom. The van der Waals surface area contributed by atoms with Crippen LogP contribution < -0.4 is 5.32 Å². The van der Waals surface area contributed by atoms with Gasteiger partial charge in [0.2, 0.25) is 5.96 Å². The Kier molecular flexibility index (Phi) is 6.89. The van der Waals surface area contributed by atoms with Gasteiger partial charge in [-0.1, -0.05) is 146 Å². The molecule has 0 aliphatic carbocycles. The minimum absolute atomic E-state index is 0.385. The molecule has 1 aliphatic rings. The van der Waals surface area contributed by atoms with Gasteiger partial charge in [0.05, 0.1) is 27.8 Å². The molecule has 1 N–H and O–H groups in total. The summed E-state index contributed by atoms with van der Waals surface area (Å²) in [6.07, 6.45) is -0.385. The monoisotopic (exact) mass is 731 g/mol. The van der Waals surface area contributed by atoms with Crippen molar-refractivity contribution in [1.82, 2.24) is 14.5 Å². The van der Waals surface area contributed by atoms with Crippen molar-refractivity contribution in [3.05, 3.63) is 199 Å². The van der Waals surface area contributed by atoms with Crippen LogP contribution >= 0.6 is 0 Å². The quantitative estimate of drug-likeness (QED) is 0.196. The number of amidine groups is 1. The van der Waals surface area contributed by atoms with E-state index in [1.165, 1.54) is 21.8 Å². The number of nitrogens with one attached hydrogen (secondary N) is 1. The van der Waals surface area contributed by atoms with Gasteiger partial charge in [0, 0.05) is 37.9 Å². The SMILES string of the molecule is c1ccc(C2=NC(c3ccc(-c4cccc5oc6ccccc6c45)cc3)NC(n3c4ccccc4c4c(-n5c6ccccc6c6ccccc65)cccc43)=N2)cc1. The van der Waals surface area contributed by atoms with Crippen LogP contribution in [0.1, 0.15) is 17.3 Å². The van der Waals surface area contributed by atoms with Crippen molar-refractivity contribution >= 4 is 77.3 Å². The smallest absolute Gasteiger partial charge is 0.211 e. The molecular formula is C51H33N5O. The van der Waals surface area contributed by atoms with Crippen molar-refractivity contribution < 1.29 is 4.42 Å². The Morgan fingerprint density at radius 1 is 0.439 bits per heavy atom. The van der Waals surface area contributed by atoms with E-state index in [4.69, 9.17) is 14.4 Å². The molecule has 0 saturated heterocycles. The molecule has 0 saturated carbocycles. The number of fused-ring (bicyclic) bond motifs is 9. The third-order valence-corrected chi connectivity index (χ3v) is 11.4.